The van der Waals surface area contributed by atoms with E-state index in [1.807, 2.05) is 0 Å². The van der Waals surface area contributed by atoms with Gasteiger partial charge in [-0.3, -0.25) is 14.9 Å². The number of hydrogen-bond acceptors (Lipinski definition) is 6. The van der Waals surface area contributed by atoms with E-state index in [9.17, 15) is 24.8 Å². The van der Waals surface area contributed by atoms with Gasteiger partial charge in [-0.2, -0.15) is 0 Å². The fraction of sp³-hybridized carbons (Fsp3) is 0.200. The summed E-state index contributed by atoms with van der Waals surface area (Å²) in [5.74, 6) is -0.567. The number of benzene rings is 2. The molecule has 2 amide bonds. The zero-order chi connectivity index (χ0) is 21.3. The van der Waals surface area contributed by atoms with E-state index in [2.05, 4.69) is 0 Å². The predicted octanol–water partition coefficient (Wildman–Crippen LogP) is 4.26. The van der Waals surface area contributed by atoms with E-state index in [4.69, 9.17) is 16.3 Å². The van der Waals surface area contributed by atoms with Crippen molar-refractivity contribution in [1.82, 2.24) is 0 Å². The average Bonchev–Trinajstić information content (AvgIpc) is 2.98. The monoisotopic (exact) mass is 416 g/mol. The Labute approximate surface area is 171 Å². The van der Waals surface area contributed by atoms with Crippen molar-refractivity contribution in [3.63, 3.8) is 0 Å². The number of carbonyl (C=O) groups is 2. The number of aliphatic hydroxyl groups is 1. The van der Waals surface area contributed by atoms with Gasteiger partial charge in [0.2, 0.25) is 0 Å². The molecule has 1 aliphatic rings. The lowest BCUT2D eigenvalue weighted by Gasteiger charge is -2.14. The molecule has 1 aliphatic heterocycles. The second kappa shape index (κ2) is 8.02. The van der Waals surface area contributed by atoms with Crippen molar-refractivity contribution in [2.45, 2.75) is 19.4 Å². The number of imide groups is 1. The molecule has 29 heavy (non-hydrogen) atoms. The highest BCUT2D eigenvalue weighted by Crippen LogP contribution is 2.41. The zero-order valence-electron chi connectivity index (χ0n) is 15.6. The number of methoxy groups -OCH3 is 1. The van der Waals surface area contributed by atoms with E-state index < -0.39 is 23.0 Å². The highest BCUT2D eigenvalue weighted by Gasteiger charge is 2.38. The lowest BCUT2D eigenvalue weighted by atomic mass is 9.95. The largest absolute Gasteiger partial charge is 0.452 e. The maximum atomic E-state index is 12.9. The highest BCUT2D eigenvalue weighted by atomic mass is 35.5. The molecule has 1 N–H and O–H groups in total. The number of anilines is 1. The van der Waals surface area contributed by atoms with E-state index in [0.717, 1.165) is 4.90 Å². The number of rotatable bonds is 4. The number of nitro groups is 1. The van der Waals surface area contributed by atoms with Crippen LogP contribution in [-0.2, 0) is 9.53 Å². The summed E-state index contributed by atoms with van der Waals surface area (Å²) < 4.78 is 4.71. The number of aliphatic hydroxyl groups excluding tert-OH is 1. The standard InChI is InChI=1S/C20H17ClN2O6/c1-11(9-17(24)12-3-6-14(7-4-12)23(27)28)18-15-8-5-13(21)10-16(15)22(19(18)25)20(26)29-2/h3-8,10,17,24H,9H2,1-2H3/b18-11-/t17-/m1/s1. The van der Waals surface area contributed by atoms with Gasteiger partial charge in [0, 0.05) is 28.3 Å². The van der Waals surface area contributed by atoms with Gasteiger partial charge in [-0.15, -0.1) is 0 Å². The molecular weight excluding hydrogens is 400 g/mol. The number of halogens is 1. The topological polar surface area (TPSA) is 110 Å². The quantitative estimate of drug-likeness (QED) is 0.453. The fourth-order valence-electron chi connectivity index (χ4n) is 3.25. The Morgan fingerprint density at radius 1 is 1.28 bits per heavy atom. The molecule has 0 aliphatic carbocycles. The molecule has 3 rings (SSSR count). The summed E-state index contributed by atoms with van der Waals surface area (Å²) in [6, 6.07) is 10.3. The van der Waals surface area contributed by atoms with Crippen LogP contribution in [0.15, 0.2) is 48.0 Å². The van der Waals surface area contributed by atoms with E-state index in [1.165, 1.54) is 37.4 Å². The summed E-state index contributed by atoms with van der Waals surface area (Å²) in [6.07, 6.45) is -1.73. The average molecular weight is 417 g/mol. The number of amides is 2. The Morgan fingerprint density at radius 2 is 1.93 bits per heavy atom. The smallest absolute Gasteiger partial charge is 0.421 e. The number of nitro benzene ring substituents is 1. The molecule has 0 saturated carbocycles. The zero-order valence-corrected chi connectivity index (χ0v) is 16.3. The van der Waals surface area contributed by atoms with Crippen LogP contribution >= 0.6 is 11.6 Å². The molecule has 2 aromatic carbocycles. The summed E-state index contributed by atoms with van der Waals surface area (Å²) >= 11 is 6.02. The van der Waals surface area contributed by atoms with Gasteiger partial charge < -0.3 is 9.84 Å². The summed E-state index contributed by atoms with van der Waals surface area (Å²) in [7, 11) is 1.17. The minimum absolute atomic E-state index is 0.0819. The van der Waals surface area contributed by atoms with Gasteiger partial charge in [0.15, 0.2) is 0 Å². The minimum Gasteiger partial charge on any atom is -0.452 e. The third-order valence-electron chi connectivity index (χ3n) is 4.66. The van der Waals surface area contributed by atoms with Crippen LogP contribution < -0.4 is 4.90 Å². The summed E-state index contributed by atoms with van der Waals surface area (Å²) in [6.45, 7) is 1.68. The molecule has 0 bridgehead atoms. The van der Waals surface area contributed by atoms with Crippen molar-refractivity contribution in [1.29, 1.82) is 0 Å². The van der Waals surface area contributed by atoms with Crippen LogP contribution in [0.2, 0.25) is 5.02 Å². The predicted molar refractivity (Wildman–Crippen MR) is 107 cm³/mol. The number of non-ortho nitro benzene ring substituents is 1. The normalized spacial score (nSPS) is 15.7. The molecule has 0 saturated heterocycles. The first-order chi connectivity index (χ1) is 13.7. The summed E-state index contributed by atoms with van der Waals surface area (Å²) in [5.41, 5.74) is 2.05. The van der Waals surface area contributed by atoms with Gasteiger partial charge in [0.1, 0.15) is 0 Å². The van der Waals surface area contributed by atoms with Gasteiger partial charge in [-0.1, -0.05) is 23.2 Å². The van der Waals surface area contributed by atoms with Crippen molar-refractivity contribution >= 4 is 40.5 Å². The number of hydrogen-bond donors (Lipinski definition) is 1. The minimum atomic E-state index is -0.987. The van der Waals surface area contributed by atoms with Crippen LogP contribution in [0.3, 0.4) is 0 Å². The van der Waals surface area contributed by atoms with E-state index in [-0.39, 0.29) is 17.7 Å². The van der Waals surface area contributed by atoms with Crippen LogP contribution in [0.1, 0.15) is 30.6 Å². The Hall–Kier alpha value is -3.23. The van der Waals surface area contributed by atoms with Gasteiger partial charge in [-0.05, 0) is 43.2 Å². The lowest BCUT2D eigenvalue weighted by Crippen LogP contribution is -2.33. The molecule has 1 heterocycles. The van der Waals surface area contributed by atoms with Crippen molar-refractivity contribution in [2.24, 2.45) is 0 Å². The first-order valence-corrected chi connectivity index (χ1v) is 8.97. The summed E-state index contributed by atoms with van der Waals surface area (Å²) in [4.78, 5) is 36.2. The third-order valence-corrected chi connectivity index (χ3v) is 4.89. The number of fused-ring (bicyclic) bond motifs is 1. The molecule has 0 spiro atoms. The van der Waals surface area contributed by atoms with Crippen molar-refractivity contribution < 1.29 is 24.4 Å². The maximum Gasteiger partial charge on any atom is 0.421 e. The van der Waals surface area contributed by atoms with Crippen LogP contribution in [0, 0.1) is 10.1 Å². The van der Waals surface area contributed by atoms with E-state index >= 15 is 0 Å². The molecule has 9 heteroatoms. The van der Waals surface area contributed by atoms with Crippen LogP contribution in [0.4, 0.5) is 16.2 Å². The van der Waals surface area contributed by atoms with Gasteiger partial charge >= 0.3 is 6.09 Å². The lowest BCUT2D eigenvalue weighted by molar-refractivity contribution is -0.384. The van der Waals surface area contributed by atoms with Crippen molar-refractivity contribution in [3.05, 3.63) is 74.3 Å². The Morgan fingerprint density at radius 3 is 2.52 bits per heavy atom. The van der Waals surface area contributed by atoms with E-state index in [1.54, 1.807) is 19.1 Å². The highest BCUT2D eigenvalue weighted by molar-refractivity contribution is 6.40. The van der Waals surface area contributed by atoms with Gasteiger partial charge in [0.25, 0.3) is 11.6 Å². The molecule has 8 nitrogen and oxygen atoms in total. The molecule has 0 unspecified atom stereocenters. The maximum absolute atomic E-state index is 12.9. The molecule has 1 atom stereocenters. The van der Waals surface area contributed by atoms with Crippen molar-refractivity contribution in [3.8, 4) is 0 Å². The molecule has 0 fully saturated rings. The number of nitrogens with zero attached hydrogens (tertiary/aromatic N) is 2. The second-order valence-electron chi connectivity index (χ2n) is 6.50. The molecule has 150 valence electrons. The Kier molecular flexibility index (Phi) is 5.67. The van der Waals surface area contributed by atoms with Gasteiger partial charge in [-0.25, -0.2) is 9.69 Å². The summed E-state index contributed by atoms with van der Waals surface area (Å²) in [5, 5.41) is 21.7. The third kappa shape index (κ3) is 3.85. The van der Waals surface area contributed by atoms with Crippen LogP contribution in [-0.4, -0.2) is 29.1 Å². The first-order valence-electron chi connectivity index (χ1n) is 8.59. The Balaban J connectivity index is 1.96. The second-order valence-corrected chi connectivity index (χ2v) is 6.93. The van der Waals surface area contributed by atoms with Gasteiger partial charge in [0.05, 0.1) is 23.8 Å². The molecule has 2 aromatic rings. The SMILES string of the molecule is COC(=O)N1C(=O)/C(=C(/C)C[C@@H](O)c2ccc([N+](=O)[O-])cc2)c2ccc(Cl)cc21. The molecular formula is C20H17ClN2O6. The molecule has 0 radical (unpaired) electrons. The molecule has 0 aromatic heterocycles. The fourth-order valence-corrected chi connectivity index (χ4v) is 3.42. The Bertz CT molecular complexity index is 1030. The van der Waals surface area contributed by atoms with Crippen molar-refractivity contribution in [2.75, 3.05) is 12.0 Å². The number of carbonyl (C=O) groups excluding carboxylic acids is 2. The van der Waals surface area contributed by atoms with E-state index in [0.29, 0.717) is 27.4 Å². The van der Waals surface area contributed by atoms with Crippen LogP contribution in [0.5, 0.6) is 0 Å². The first kappa shape index (κ1) is 20.5. The van der Waals surface area contributed by atoms with Crippen LogP contribution in [0.25, 0.3) is 5.57 Å². The number of ether oxygens (including phenoxy) is 1.